The van der Waals surface area contributed by atoms with Gasteiger partial charge in [0.1, 0.15) is 18.0 Å². The Balaban J connectivity index is 2.20. The smallest absolute Gasteiger partial charge is 0.156 e. The Morgan fingerprint density at radius 2 is 2.17 bits per heavy atom. The van der Waals surface area contributed by atoms with Crippen molar-refractivity contribution in [3.63, 3.8) is 0 Å². The predicted molar refractivity (Wildman–Crippen MR) is 68.4 cm³/mol. The highest BCUT2D eigenvalue weighted by Crippen LogP contribution is 2.26. The fourth-order valence-corrected chi connectivity index (χ4v) is 3.75. The second kappa shape index (κ2) is 5.05. The molecule has 1 saturated heterocycles. The third kappa shape index (κ3) is 2.95. The summed E-state index contributed by atoms with van der Waals surface area (Å²) >= 11 is 5.83. The largest absolute Gasteiger partial charge is 0.486 e. The minimum absolute atomic E-state index is 0.180. The Hall–Kier alpha value is -0.820. The molecule has 2 unspecified atom stereocenters. The van der Waals surface area contributed by atoms with Gasteiger partial charge in [-0.25, -0.2) is 8.42 Å². The van der Waals surface area contributed by atoms with Crippen LogP contribution in [0.3, 0.4) is 0 Å². The van der Waals surface area contributed by atoms with E-state index in [0.717, 1.165) is 0 Å². The second-order valence-electron chi connectivity index (χ2n) is 4.26. The van der Waals surface area contributed by atoms with Crippen LogP contribution < -0.4 is 10.5 Å². The van der Waals surface area contributed by atoms with Crippen LogP contribution in [0.5, 0.6) is 5.75 Å². The van der Waals surface area contributed by atoms with Gasteiger partial charge >= 0.3 is 0 Å². The van der Waals surface area contributed by atoms with Gasteiger partial charge in [-0.1, -0.05) is 11.6 Å². The van der Waals surface area contributed by atoms with Gasteiger partial charge in [-0.05, 0) is 18.2 Å². The number of benzene rings is 1. The molecule has 1 aromatic rings. The Bertz CT molecular complexity index is 546. The number of rotatable bonds is 3. The second-order valence-corrected chi connectivity index (χ2v) is 6.85. The molecule has 0 radical (unpaired) electrons. The van der Waals surface area contributed by atoms with E-state index in [1.165, 1.54) is 0 Å². The van der Waals surface area contributed by atoms with Gasteiger partial charge in [0.15, 0.2) is 9.84 Å². The lowest BCUT2D eigenvalue weighted by atomic mass is 10.2. The number of aliphatic hydroxyl groups excluding tert-OH is 1. The van der Waals surface area contributed by atoms with Crippen LogP contribution in [0.1, 0.15) is 5.56 Å². The van der Waals surface area contributed by atoms with Crippen LogP contribution in [0.15, 0.2) is 18.2 Å². The quantitative estimate of drug-likeness (QED) is 0.838. The minimum atomic E-state index is -3.22. The van der Waals surface area contributed by atoms with Crippen LogP contribution in [0.4, 0.5) is 0 Å². The lowest BCUT2D eigenvalue weighted by molar-refractivity contribution is 0.0731. The highest BCUT2D eigenvalue weighted by molar-refractivity contribution is 7.91. The van der Waals surface area contributed by atoms with E-state index < -0.39 is 22.0 Å². The first-order valence-electron chi connectivity index (χ1n) is 5.45. The topological polar surface area (TPSA) is 89.6 Å². The molecule has 1 fully saturated rings. The van der Waals surface area contributed by atoms with Crippen LogP contribution in [0.2, 0.25) is 5.02 Å². The van der Waals surface area contributed by atoms with Crippen LogP contribution in [0.25, 0.3) is 0 Å². The molecule has 5 nitrogen and oxygen atoms in total. The average Bonchev–Trinajstić information content (AvgIpc) is 2.54. The maximum absolute atomic E-state index is 11.4. The van der Waals surface area contributed by atoms with Gasteiger partial charge in [-0.3, -0.25) is 0 Å². The van der Waals surface area contributed by atoms with Crippen LogP contribution in [0, 0.1) is 0 Å². The fraction of sp³-hybridized carbons (Fsp3) is 0.455. The van der Waals surface area contributed by atoms with E-state index in [0.29, 0.717) is 16.3 Å². The van der Waals surface area contributed by atoms with Gasteiger partial charge in [-0.15, -0.1) is 0 Å². The lowest BCUT2D eigenvalue weighted by Gasteiger charge is -2.18. The van der Waals surface area contributed by atoms with Gasteiger partial charge in [-0.2, -0.15) is 0 Å². The summed E-state index contributed by atoms with van der Waals surface area (Å²) in [4.78, 5) is 0. The SMILES string of the molecule is NCc1cc(Cl)ccc1OC1CS(=O)(=O)CC1O. The molecule has 0 saturated carbocycles. The highest BCUT2D eigenvalue weighted by Gasteiger charge is 2.38. The van der Waals surface area contributed by atoms with Crippen molar-refractivity contribution >= 4 is 21.4 Å². The van der Waals surface area contributed by atoms with E-state index in [1.54, 1.807) is 18.2 Å². The molecule has 2 atom stereocenters. The highest BCUT2D eigenvalue weighted by atomic mass is 35.5. The van der Waals surface area contributed by atoms with Gasteiger partial charge in [0.05, 0.1) is 11.5 Å². The maximum atomic E-state index is 11.4. The number of aliphatic hydroxyl groups is 1. The summed E-state index contributed by atoms with van der Waals surface area (Å²) in [6, 6.07) is 4.92. The fourth-order valence-electron chi connectivity index (χ4n) is 1.90. The minimum Gasteiger partial charge on any atom is -0.486 e. The number of halogens is 1. The molecule has 3 N–H and O–H groups in total. The molecular formula is C11H14ClNO4S. The molecular weight excluding hydrogens is 278 g/mol. The van der Waals surface area contributed by atoms with Gasteiger partial charge < -0.3 is 15.6 Å². The van der Waals surface area contributed by atoms with E-state index >= 15 is 0 Å². The van der Waals surface area contributed by atoms with E-state index in [-0.39, 0.29) is 18.1 Å². The number of nitrogens with two attached hydrogens (primary N) is 1. The standard InChI is InChI=1S/C11H14ClNO4S/c12-8-1-2-10(7(3-8)4-13)17-11-6-18(15,16)5-9(11)14/h1-3,9,11,14H,4-6,13H2. The van der Waals surface area contributed by atoms with Crippen molar-refractivity contribution < 1.29 is 18.3 Å². The zero-order valence-electron chi connectivity index (χ0n) is 9.54. The van der Waals surface area contributed by atoms with Crippen molar-refractivity contribution in [2.24, 2.45) is 5.73 Å². The summed E-state index contributed by atoms with van der Waals surface area (Å²) in [5.41, 5.74) is 6.24. The first-order valence-corrected chi connectivity index (χ1v) is 7.65. The zero-order chi connectivity index (χ0) is 13.3. The molecule has 0 aromatic heterocycles. The molecule has 2 rings (SSSR count). The number of sulfone groups is 1. The van der Waals surface area contributed by atoms with Crippen LogP contribution in [-0.2, 0) is 16.4 Å². The van der Waals surface area contributed by atoms with E-state index in [4.69, 9.17) is 22.1 Å². The van der Waals surface area contributed by atoms with Crippen molar-refractivity contribution in [3.8, 4) is 5.75 Å². The molecule has 1 aliphatic rings. The van der Waals surface area contributed by atoms with Gasteiger partial charge in [0.25, 0.3) is 0 Å². The van der Waals surface area contributed by atoms with Gasteiger partial charge in [0.2, 0.25) is 0 Å². The van der Waals surface area contributed by atoms with Crippen molar-refractivity contribution in [1.29, 1.82) is 0 Å². The Kier molecular flexibility index (Phi) is 3.82. The Morgan fingerprint density at radius 3 is 2.72 bits per heavy atom. The molecule has 100 valence electrons. The van der Waals surface area contributed by atoms with Crippen LogP contribution in [-0.4, -0.2) is 37.2 Å². The molecule has 1 aromatic carbocycles. The zero-order valence-corrected chi connectivity index (χ0v) is 11.1. The monoisotopic (exact) mass is 291 g/mol. The molecule has 0 amide bonds. The summed E-state index contributed by atoms with van der Waals surface area (Å²) in [5.74, 6) is 0.0207. The van der Waals surface area contributed by atoms with Gasteiger partial charge in [0, 0.05) is 17.1 Å². The molecule has 18 heavy (non-hydrogen) atoms. The third-order valence-electron chi connectivity index (χ3n) is 2.79. The number of hydrogen-bond donors (Lipinski definition) is 2. The molecule has 0 bridgehead atoms. The summed E-state index contributed by atoms with van der Waals surface area (Å²) in [6.45, 7) is 0.228. The van der Waals surface area contributed by atoms with Crippen molar-refractivity contribution in [3.05, 3.63) is 28.8 Å². The van der Waals surface area contributed by atoms with Crippen LogP contribution >= 0.6 is 11.6 Å². The summed E-state index contributed by atoms with van der Waals surface area (Å²) in [5, 5.41) is 10.2. The normalized spacial score (nSPS) is 26.2. The number of hydrogen-bond acceptors (Lipinski definition) is 5. The summed E-state index contributed by atoms with van der Waals surface area (Å²) < 4.78 is 28.3. The Morgan fingerprint density at radius 1 is 1.44 bits per heavy atom. The number of ether oxygens (including phenoxy) is 1. The predicted octanol–water partition coefficient (Wildman–Crippen LogP) is 0.335. The lowest BCUT2D eigenvalue weighted by Crippen LogP contribution is -2.30. The molecule has 7 heteroatoms. The van der Waals surface area contributed by atoms with E-state index in [9.17, 15) is 13.5 Å². The first kappa shape index (κ1) is 13.6. The Labute approximate surface area is 110 Å². The molecule has 1 heterocycles. The molecule has 0 aliphatic carbocycles. The van der Waals surface area contributed by atoms with E-state index in [2.05, 4.69) is 0 Å². The van der Waals surface area contributed by atoms with E-state index in [1.807, 2.05) is 0 Å². The summed E-state index contributed by atoms with van der Waals surface area (Å²) in [7, 11) is -3.22. The maximum Gasteiger partial charge on any atom is 0.156 e. The molecule has 1 aliphatic heterocycles. The van der Waals surface area contributed by atoms with Crippen molar-refractivity contribution in [1.82, 2.24) is 0 Å². The van der Waals surface area contributed by atoms with Crippen molar-refractivity contribution in [2.45, 2.75) is 18.8 Å². The third-order valence-corrected chi connectivity index (χ3v) is 4.71. The summed E-state index contributed by atoms with van der Waals surface area (Å²) in [6.07, 6.45) is -1.75. The average molecular weight is 292 g/mol. The molecule has 0 spiro atoms. The van der Waals surface area contributed by atoms with Crippen molar-refractivity contribution in [2.75, 3.05) is 11.5 Å². The first-order chi connectivity index (χ1) is 8.41.